The third-order valence-corrected chi connectivity index (χ3v) is 6.14. The SMILES string of the molecule is Cc1ccc(S(=O)(=O)Nc2ccc(C(=O)N3CCCCC3)c(Cl)c2)cc1. The van der Waals surface area contributed by atoms with Crippen molar-refractivity contribution in [1.29, 1.82) is 0 Å². The highest BCUT2D eigenvalue weighted by atomic mass is 35.5. The lowest BCUT2D eigenvalue weighted by Gasteiger charge is -2.27. The van der Waals surface area contributed by atoms with E-state index in [0.717, 1.165) is 37.9 Å². The van der Waals surface area contributed by atoms with Crippen LogP contribution in [0, 0.1) is 6.92 Å². The van der Waals surface area contributed by atoms with Crippen molar-refractivity contribution in [2.75, 3.05) is 17.8 Å². The molecule has 0 unspecified atom stereocenters. The second kappa shape index (κ2) is 7.68. The maximum atomic E-state index is 12.6. The van der Waals surface area contributed by atoms with E-state index in [2.05, 4.69) is 4.72 Å². The Morgan fingerprint density at radius 1 is 1.04 bits per heavy atom. The number of amides is 1. The summed E-state index contributed by atoms with van der Waals surface area (Å²) in [5, 5.41) is 0.240. The number of halogens is 1. The Kier molecular flexibility index (Phi) is 5.53. The van der Waals surface area contributed by atoms with Crippen LogP contribution in [-0.2, 0) is 10.0 Å². The minimum atomic E-state index is -3.70. The van der Waals surface area contributed by atoms with Gasteiger partial charge in [-0.15, -0.1) is 0 Å². The van der Waals surface area contributed by atoms with Gasteiger partial charge in [0.25, 0.3) is 15.9 Å². The first-order valence-corrected chi connectivity index (χ1v) is 10.4. The largest absolute Gasteiger partial charge is 0.339 e. The molecular weight excluding hydrogens is 372 g/mol. The molecule has 7 heteroatoms. The summed E-state index contributed by atoms with van der Waals surface area (Å²) >= 11 is 6.26. The zero-order valence-electron chi connectivity index (χ0n) is 14.5. The van der Waals surface area contributed by atoms with Gasteiger partial charge in [0.05, 0.1) is 21.2 Å². The van der Waals surface area contributed by atoms with Gasteiger partial charge in [0, 0.05) is 13.1 Å². The fourth-order valence-corrected chi connectivity index (χ4v) is 4.26. The highest BCUT2D eigenvalue weighted by Crippen LogP contribution is 2.25. The van der Waals surface area contributed by atoms with Gasteiger partial charge in [-0.2, -0.15) is 0 Å². The Morgan fingerprint density at radius 3 is 2.31 bits per heavy atom. The van der Waals surface area contributed by atoms with Crippen LogP contribution in [-0.4, -0.2) is 32.3 Å². The number of likely N-dealkylation sites (tertiary alicyclic amines) is 1. The van der Waals surface area contributed by atoms with Crippen molar-refractivity contribution in [3.63, 3.8) is 0 Å². The highest BCUT2D eigenvalue weighted by Gasteiger charge is 2.21. The van der Waals surface area contributed by atoms with E-state index in [1.54, 1.807) is 41.3 Å². The third-order valence-electron chi connectivity index (χ3n) is 4.43. The summed E-state index contributed by atoms with van der Waals surface area (Å²) in [5.41, 5.74) is 1.70. The Labute approximate surface area is 159 Å². The first kappa shape index (κ1) is 18.7. The van der Waals surface area contributed by atoms with Crippen LogP contribution in [0.1, 0.15) is 35.2 Å². The smallest absolute Gasteiger partial charge is 0.261 e. The third kappa shape index (κ3) is 4.19. The number of aryl methyl sites for hydroxylation is 1. The van der Waals surface area contributed by atoms with Crippen LogP contribution < -0.4 is 4.72 Å². The van der Waals surface area contributed by atoms with Gasteiger partial charge in [0.1, 0.15) is 0 Å². The van der Waals surface area contributed by atoms with Crippen molar-refractivity contribution in [2.24, 2.45) is 0 Å². The van der Waals surface area contributed by atoms with Gasteiger partial charge in [0.2, 0.25) is 0 Å². The standard InChI is InChI=1S/C19H21ClN2O3S/c1-14-5-8-16(9-6-14)26(24,25)21-15-7-10-17(18(20)13-15)19(23)22-11-3-2-4-12-22/h5-10,13,21H,2-4,11-12H2,1H3. The summed E-state index contributed by atoms with van der Waals surface area (Å²) in [6.45, 7) is 3.36. The lowest BCUT2D eigenvalue weighted by atomic mass is 10.1. The molecule has 1 N–H and O–H groups in total. The molecule has 5 nitrogen and oxygen atoms in total. The molecule has 26 heavy (non-hydrogen) atoms. The monoisotopic (exact) mass is 392 g/mol. The van der Waals surface area contributed by atoms with E-state index in [1.807, 2.05) is 6.92 Å². The molecule has 1 aliphatic rings. The lowest BCUT2D eigenvalue weighted by Crippen LogP contribution is -2.35. The van der Waals surface area contributed by atoms with Crippen molar-refractivity contribution in [1.82, 2.24) is 4.90 Å². The number of carbonyl (C=O) groups excluding carboxylic acids is 1. The predicted octanol–water partition coefficient (Wildman–Crippen LogP) is 4.08. The molecule has 0 aromatic heterocycles. The lowest BCUT2D eigenvalue weighted by molar-refractivity contribution is 0.0724. The summed E-state index contributed by atoms with van der Waals surface area (Å²) in [4.78, 5) is 14.5. The maximum Gasteiger partial charge on any atom is 0.261 e. The first-order chi connectivity index (χ1) is 12.4. The molecule has 0 saturated carbocycles. The van der Waals surface area contributed by atoms with Crippen LogP contribution in [0.3, 0.4) is 0 Å². The molecule has 3 rings (SSSR count). The average Bonchev–Trinajstić information content (AvgIpc) is 2.62. The van der Waals surface area contributed by atoms with Gasteiger partial charge in [-0.05, 0) is 56.5 Å². The van der Waals surface area contributed by atoms with Crippen molar-refractivity contribution in [2.45, 2.75) is 31.1 Å². The van der Waals surface area contributed by atoms with Crippen molar-refractivity contribution >= 4 is 33.2 Å². The van der Waals surface area contributed by atoms with Gasteiger partial charge in [-0.3, -0.25) is 9.52 Å². The number of nitrogens with zero attached hydrogens (tertiary/aromatic N) is 1. The van der Waals surface area contributed by atoms with Crippen LogP contribution in [0.25, 0.3) is 0 Å². The molecule has 2 aromatic carbocycles. The van der Waals surface area contributed by atoms with E-state index in [-0.39, 0.29) is 15.8 Å². The number of sulfonamides is 1. The van der Waals surface area contributed by atoms with Gasteiger partial charge >= 0.3 is 0 Å². The topological polar surface area (TPSA) is 66.5 Å². The van der Waals surface area contributed by atoms with E-state index in [4.69, 9.17) is 11.6 Å². The van der Waals surface area contributed by atoms with Crippen molar-refractivity contribution < 1.29 is 13.2 Å². The zero-order valence-corrected chi connectivity index (χ0v) is 16.1. The minimum absolute atomic E-state index is 0.109. The molecule has 1 aliphatic heterocycles. The fourth-order valence-electron chi connectivity index (χ4n) is 2.95. The van der Waals surface area contributed by atoms with Gasteiger partial charge in [-0.25, -0.2) is 8.42 Å². The molecule has 0 atom stereocenters. The normalized spacial score (nSPS) is 14.9. The second-order valence-corrected chi connectivity index (χ2v) is 8.56. The second-order valence-electron chi connectivity index (χ2n) is 6.47. The number of piperidine rings is 1. The Hall–Kier alpha value is -2.05. The number of carbonyl (C=O) groups is 1. The van der Waals surface area contributed by atoms with Crippen LogP contribution >= 0.6 is 11.6 Å². The molecule has 1 amide bonds. The number of hydrogen-bond acceptors (Lipinski definition) is 3. The van der Waals surface area contributed by atoms with E-state index in [1.165, 1.54) is 6.07 Å². The molecule has 138 valence electrons. The number of nitrogens with one attached hydrogen (secondary N) is 1. The summed E-state index contributed by atoms with van der Waals surface area (Å²) in [6, 6.07) is 11.2. The molecule has 0 aliphatic carbocycles. The van der Waals surface area contributed by atoms with E-state index in [0.29, 0.717) is 11.3 Å². The molecule has 1 fully saturated rings. The molecule has 0 spiro atoms. The van der Waals surface area contributed by atoms with E-state index < -0.39 is 10.0 Å². The fraction of sp³-hybridized carbons (Fsp3) is 0.316. The summed E-state index contributed by atoms with van der Waals surface area (Å²) in [5.74, 6) is -0.109. The average molecular weight is 393 g/mol. The van der Waals surface area contributed by atoms with E-state index >= 15 is 0 Å². The van der Waals surface area contributed by atoms with Gasteiger partial charge in [0.15, 0.2) is 0 Å². The van der Waals surface area contributed by atoms with Crippen LogP contribution in [0.15, 0.2) is 47.4 Å². The summed E-state index contributed by atoms with van der Waals surface area (Å²) in [6.07, 6.45) is 3.13. The summed E-state index contributed by atoms with van der Waals surface area (Å²) in [7, 11) is -3.70. The minimum Gasteiger partial charge on any atom is -0.339 e. The quantitative estimate of drug-likeness (QED) is 0.852. The number of anilines is 1. The Bertz CT molecular complexity index is 905. The zero-order chi connectivity index (χ0) is 18.7. The van der Waals surface area contributed by atoms with E-state index in [9.17, 15) is 13.2 Å². The van der Waals surface area contributed by atoms with Crippen LogP contribution in [0.2, 0.25) is 5.02 Å². The summed E-state index contributed by atoms with van der Waals surface area (Å²) < 4.78 is 27.4. The molecule has 1 heterocycles. The van der Waals surface area contributed by atoms with Crippen LogP contribution in [0.4, 0.5) is 5.69 Å². The Balaban J connectivity index is 1.78. The molecule has 1 saturated heterocycles. The number of hydrogen-bond donors (Lipinski definition) is 1. The van der Waals surface area contributed by atoms with Crippen molar-refractivity contribution in [3.8, 4) is 0 Å². The maximum absolute atomic E-state index is 12.6. The number of benzene rings is 2. The number of rotatable bonds is 4. The molecule has 0 bridgehead atoms. The predicted molar refractivity (Wildman–Crippen MR) is 103 cm³/mol. The van der Waals surface area contributed by atoms with Gasteiger partial charge in [-0.1, -0.05) is 29.3 Å². The van der Waals surface area contributed by atoms with Crippen LogP contribution in [0.5, 0.6) is 0 Å². The van der Waals surface area contributed by atoms with Crippen molar-refractivity contribution in [3.05, 3.63) is 58.6 Å². The first-order valence-electron chi connectivity index (χ1n) is 8.55. The van der Waals surface area contributed by atoms with Gasteiger partial charge < -0.3 is 4.90 Å². The highest BCUT2D eigenvalue weighted by molar-refractivity contribution is 7.92. The molecule has 0 radical (unpaired) electrons. The Morgan fingerprint density at radius 2 is 1.69 bits per heavy atom. The molecule has 2 aromatic rings. The molecular formula is C19H21ClN2O3S.